The summed E-state index contributed by atoms with van der Waals surface area (Å²) in [7, 11) is 0. The number of hydrogen-bond acceptors (Lipinski definition) is 3. The zero-order valence-electron chi connectivity index (χ0n) is 7.76. The summed E-state index contributed by atoms with van der Waals surface area (Å²) >= 11 is 1.75. The maximum atomic E-state index is 5.78. The first-order valence-electron chi connectivity index (χ1n) is 4.55. The smallest absolute Gasteiger partial charge is 0.0307 e. The highest BCUT2D eigenvalue weighted by atomic mass is 32.1. The van der Waals surface area contributed by atoms with Crippen LogP contribution in [0.15, 0.2) is 42.0 Å². The molecule has 72 valence electrons. The highest BCUT2D eigenvalue weighted by molar-refractivity contribution is 7.10. The molecule has 1 unspecified atom stereocenters. The minimum absolute atomic E-state index is 0.318. The molecule has 0 saturated heterocycles. The number of aromatic nitrogens is 1. The quantitative estimate of drug-likeness (QED) is 0.832. The van der Waals surface area contributed by atoms with E-state index >= 15 is 0 Å². The largest absolute Gasteiger partial charge is 0.329 e. The summed E-state index contributed by atoms with van der Waals surface area (Å²) in [6.07, 6.45) is 3.62. The highest BCUT2D eigenvalue weighted by Gasteiger charge is 2.12. The maximum Gasteiger partial charge on any atom is 0.0307 e. The van der Waals surface area contributed by atoms with Crippen molar-refractivity contribution in [3.8, 4) is 0 Å². The summed E-state index contributed by atoms with van der Waals surface area (Å²) in [4.78, 5) is 5.32. The molecule has 0 aliphatic heterocycles. The second-order valence-electron chi connectivity index (χ2n) is 3.08. The van der Waals surface area contributed by atoms with Gasteiger partial charge in [-0.15, -0.1) is 11.3 Å². The lowest BCUT2D eigenvalue weighted by molar-refractivity contribution is 0.833. The summed E-state index contributed by atoms with van der Waals surface area (Å²) in [5.41, 5.74) is 7.02. The average Bonchev–Trinajstić information content (AvgIpc) is 2.74. The van der Waals surface area contributed by atoms with Crippen LogP contribution in [0.5, 0.6) is 0 Å². The Labute approximate surface area is 87.4 Å². The number of nitrogens with zero attached hydrogens (tertiary/aromatic N) is 1. The third-order valence-electron chi connectivity index (χ3n) is 2.23. The van der Waals surface area contributed by atoms with Gasteiger partial charge in [0.1, 0.15) is 0 Å². The van der Waals surface area contributed by atoms with Crippen LogP contribution < -0.4 is 5.73 Å². The van der Waals surface area contributed by atoms with Gasteiger partial charge >= 0.3 is 0 Å². The molecule has 0 aromatic carbocycles. The summed E-state index contributed by atoms with van der Waals surface area (Å²) < 4.78 is 0. The third kappa shape index (κ3) is 1.84. The van der Waals surface area contributed by atoms with E-state index < -0.39 is 0 Å². The normalized spacial score (nSPS) is 12.6. The molecule has 2 nitrogen and oxygen atoms in total. The minimum atomic E-state index is 0.318. The number of rotatable bonds is 3. The van der Waals surface area contributed by atoms with Crippen molar-refractivity contribution in [2.75, 3.05) is 6.54 Å². The second kappa shape index (κ2) is 4.35. The number of thiophene rings is 1. The summed E-state index contributed by atoms with van der Waals surface area (Å²) in [6, 6.07) is 8.24. The van der Waals surface area contributed by atoms with E-state index in [2.05, 4.69) is 22.5 Å². The van der Waals surface area contributed by atoms with Crippen LogP contribution >= 0.6 is 11.3 Å². The van der Waals surface area contributed by atoms with Crippen LogP contribution in [-0.4, -0.2) is 11.5 Å². The molecule has 3 heteroatoms. The molecule has 0 bridgehead atoms. The van der Waals surface area contributed by atoms with Gasteiger partial charge < -0.3 is 5.73 Å². The number of pyridine rings is 1. The summed E-state index contributed by atoms with van der Waals surface area (Å²) in [5, 5.41) is 2.08. The fourth-order valence-corrected chi connectivity index (χ4v) is 2.37. The molecule has 1 atom stereocenters. The van der Waals surface area contributed by atoms with E-state index in [-0.39, 0.29) is 0 Å². The van der Waals surface area contributed by atoms with Crippen molar-refractivity contribution in [3.05, 3.63) is 52.5 Å². The van der Waals surface area contributed by atoms with Crippen molar-refractivity contribution in [1.82, 2.24) is 4.98 Å². The van der Waals surface area contributed by atoms with Crippen LogP contribution in [0.3, 0.4) is 0 Å². The fraction of sp³-hybridized carbons (Fsp3) is 0.182. The monoisotopic (exact) mass is 204 g/mol. The molecule has 2 aromatic rings. The Hall–Kier alpha value is -1.19. The van der Waals surface area contributed by atoms with E-state index in [9.17, 15) is 0 Å². The molecule has 2 rings (SSSR count). The van der Waals surface area contributed by atoms with Crippen LogP contribution in [0.2, 0.25) is 0 Å². The van der Waals surface area contributed by atoms with Crippen LogP contribution in [-0.2, 0) is 0 Å². The Bertz CT molecular complexity index is 369. The molecule has 2 heterocycles. The van der Waals surface area contributed by atoms with E-state index in [1.54, 1.807) is 11.3 Å². The number of hydrogen-bond donors (Lipinski definition) is 1. The van der Waals surface area contributed by atoms with E-state index in [0.29, 0.717) is 12.5 Å². The van der Waals surface area contributed by atoms with Crippen LogP contribution in [0.4, 0.5) is 0 Å². The second-order valence-corrected chi connectivity index (χ2v) is 4.06. The van der Waals surface area contributed by atoms with Gasteiger partial charge in [-0.3, -0.25) is 4.98 Å². The van der Waals surface area contributed by atoms with Gasteiger partial charge in [0, 0.05) is 29.7 Å². The van der Waals surface area contributed by atoms with Crippen molar-refractivity contribution in [2.24, 2.45) is 5.73 Å². The van der Waals surface area contributed by atoms with Crippen molar-refractivity contribution in [3.63, 3.8) is 0 Å². The van der Waals surface area contributed by atoms with Crippen LogP contribution in [0, 0.1) is 0 Å². The topological polar surface area (TPSA) is 38.9 Å². The molecule has 0 aliphatic rings. The van der Waals surface area contributed by atoms with E-state index in [0.717, 1.165) is 0 Å². The van der Waals surface area contributed by atoms with Crippen molar-refractivity contribution in [2.45, 2.75) is 5.92 Å². The van der Waals surface area contributed by atoms with Gasteiger partial charge in [-0.05, 0) is 29.1 Å². The number of nitrogens with two attached hydrogens (primary N) is 1. The summed E-state index contributed by atoms with van der Waals surface area (Å²) in [6.45, 7) is 0.643. The lowest BCUT2D eigenvalue weighted by atomic mass is 9.99. The Morgan fingerprint density at radius 2 is 2.07 bits per heavy atom. The first-order valence-corrected chi connectivity index (χ1v) is 5.43. The third-order valence-corrected chi connectivity index (χ3v) is 3.22. The average molecular weight is 204 g/mol. The molecule has 2 aromatic heterocycles. The SMILES string of the molecule is NCC(c1ccncc1)c1cccs1. The van der Waals surface area contributed by atoms with Crippen LogP contribution in [0.1, 0.15) is 16.4 Å². The van der Waals surface area contributed by atoms with E-state index in [4.69, 9.17) is 5.73 Å². The molecule has 0 fully saturated rings. The maximum absolute atomic E-state index is 5.78. The predicted molar refractivity (Wildman–Crippen MR) is 59.5 cm³/mol. The van der Waals surface area contributed by atoms with Crippen molar-refractivity contribution < 1.29 is 0 Å². The summed E-state index contributed by atoms with van der Waals surface area (Å²) in [5.74, 6) is 0.318. The van der Waals surface area contributed by atoms with Crippen molar-refractivity contribution >= 4 is 11.3 Å². The molecule has 0 amide bonds. The molecular formula is C11H12N2S. The molecule has 2 N–H and O–H groups in total. The van der Waals surface area contributed by atoms with Gasteiger partial charge in [-0.2, -0.15) is 0 Å². The Morgan fingerprint density at radius 1 is 1.29 bits per heavy atom. The van der Waals surface area contributed by atoms with Gasteiger partial charge in [0.25, 0.3) is 0 Å². The lowest BCUT2D eigenvalue weighted by Gasteiger charge is -2.12. The van der Waals surface area contributed by atoms with E-state index in [1.807, 2.05) is 24.5 Å². The molecule has 0 saturated carbocycles. The molecule has 0 radical (unpaired) electrons. The molecule has 0 aliphatic carbocycles. The highest BCUT2D eigenvalue weighted by Crippen LogP contribution is 2.26. The Kier molecular flexibility index (Phi) is 2.91. The first-order chi connectivity index (χ1) is 6.92. The van der Waals surface area contributed by atoms with Gasteiger partial charge in [-0.25, -0.2) is 0 Å². The standard InChI is InChI=1S/C11H12N2S/c12-8-10(11-2-1-7-14-11)9-3-5-13-6-4-9/h1-7,10H,8,12H2. The van der Waals surface area contributed by atoms with Gasteiger partial charge in [0.15, 0.2) is 0 Å². The van der Waals surface area contributed by atoms with Crippen molar-refractivity contribution in [1.29, 1.82) is 0 Å². The van der Waals surface area contributed by atoms with Gasteiger partial charge in [-0.1, -0.05) is 6.07 Å². The molecule has 0 spiro atoms. The van der Waals surface area contributed by atoms with E-state index in [1.165, 1.54) is 10.4 Å². The minimum Gasteiger partial charge on any atom is -0.329 e. The van der Waals surface area contributed by atoms with Crippen LogP contribution in [0.25, 0.3) is 0 Å². The first kappa shape index (κ1) is 9.37. The molecule has 14 heavy (non-hydrogen) atoms. The van der Waals surface area contributed by atoms with Gasteiger partial charge in [0.05, 0.1) is 0 Å². The molecular weight excluding hydrogens is 192 g/mol. The zero-order valence-corrected chi connectivity index (χ0v) is 8.58. The van der Waals surface area contributed by atoms with Gasteiger partial charge in [0.2, 0.25) is 0 Å². The Morgan fingerprint density at radius 3 is 2.64 bits per heavy atom. The lowest BCUT2D eigenvalue weighted by Crippen LogP contribution is -2.12. The zero-order chi connectivity index (χ0) is 9.80. The predicted octanol–water partition coefficient (Wildman–Crippen LogP) is 2.23. The Balaban J connectivity index is 2.31. The fourth-order valence-electron chi connectivity index (χ4n) is 1.50.